The van der Waals surface area contributed by atoms with Crippen molar-refractivity contribution in [3.8, 4) is 5.75 Å². The number of aldehydes is 1. The number of rotatable bonds is 8. The Morgan fingerprint density at radius 3 is 2.70 bits per heavy atom. The molecule has 0 amide bonds. The van der Waals surface area contributed by atoms with Crippen molar-refractivity contribution in [3.05, 3.63) is 88.0 Å². The molecule has 168 valence electrons. The summed E-state index contributed by atoms with van der Waals surface area (Å²) in [4.78, 5) is 29.5. The average Bonchev–Trinajstić information content (AvgIpc) is 3.45. The van der Waals surface area contributed by atoms with Crippen LogP contribution in [0.2, 0.25) is 5.02 Å². The molecule has 33 heavy (non-hydrogen) atoms. The molecule has 1 unspecified atom stereocenters. The normalized spacial score (nSPS) is 12.8. The first-order valence-electron chi connectivity index (χ1n) is 9.86. The summed E-state index contributed by atoms with van der Waals surface area (Å²) in [6, 6.07) is 14.6. The molecule has 2 aromatic heterocycles. The van der Waals surface area contributed by atoms with Crippen LogP contribution in [0.5, 0.6) is 5.75 Å². The van der Waals surface area contributed by atoms with Crippen LogP contribution in [0.1, 0.15) is 27.9 Å². The van der Waals surface area contributed by atoms with Crippen molar-refractivity contribution in [1.82, 2.24) is 4.98 Å². The van der Waals surface area contributed by atoms with Crippen molar-refractivity contribution in [3.63, 3.8) is 0 Å². The molecule has 0 fully saturated rings. The number of Topliss-reactive ketones (excluding diaryl/α,β-unsaturated/α-hetero) is 1. The zero-order valence-corrected chi connectivity index (χ0v) is 19.2. The summed E-state index contributed by atoms with van der Waals surface area (Å²) in [7, 11) is 1.52. The van der Waals surface area contributed by atoms with Gasteiger partial charge in [0.05, 0.1) is 28.4 Å². The number of nitrogens with one attached hydrogen (secondary N) is 1. The second-order valence-electron chi connectivity index (χ2n) is 7.12. The molecule has 1 atom stereocenters. The van der Waals surface area contributed by atoms with E-state index >= 15 is 0 Å². The number of aromatic nitrogens is 1. The van der Waals surface area contributed by atoms with Gasteiger partial charge in [0, 0.05) is 0 Å². The molecule has 0 saturated carbocycles. The number of aryl methyl sites for hydroxylation is 1. The number of nitrogens with zero attached hydrogens (tertiary/aromatic N) is 1. The third kappa shape index (κ3) is 4.62. The summed E-state index contributed by atoms with van der Waals surface area (Å²) >= 11 is 7.60. The van der Waals surface area contributed by atoms with E-state index < -0.39 is 17.6 Å². The van der Waals surface area contributed by atoms with E-state index in [0.717, 1.165) is 4.70 Å². The van der Waals surface area contributed by atoms with Gasteiger partial charge in [0.25, 0.3) is 0 Å². The van der Waals surface area contributed by atoms with Gasteiger partial charge >= 0.3 is 0 Å². The highest BCUT2D eigenvalue weighted by atomic mass is 35.5. The molecule has 9 heteroatoms. The number of fused-ring (bicyclic) bond motifs is 1. The topological polar surface area (TPSA) is 102 Å². The van der Waals surface area contributed by atoms with Gasteiger partial charge in [-0.15, -0.1) is 0 Å². The lowest BCUT2D eigenvalue weighted by atomic mass is 9.93. The highest BCUT2D eigenvalue weighted by Crippen LogP contribution is 2.36. The van der Waals surface area contributed by atoms with E-state index in [1.54, 1.807) is 43.3 Å². The summed E-state index contributed by atoms with van der Waals surface area (Å²) in [5, 5.41) is 14.6. The first-order chi connectivity index (χ1) is 15.9. The lowest BCUT2D eigenvalue weighted by molar-refractivity contribution is -0.107. The summed E-state index contributed by atoms with van der Waals surface area (Å²) in [5.41, 5.74) is 0.992. The largest absolute Gasteiger partial charge is 0.504 e. The van der Waals surface area contributed by atoms with Gasteiger partial charge in [-0.2, -0.15) is 0 Å². The van der Waals surface area contributed by atoms with E-state index in [-0.39, 0.29) is 17.6 Å². The number of para-hydroxylation sites is 1. The maximum absolute atomic E-state index is 13.4. The van der Waals surface area contributed by atoms with Crippen molar-refractivity contribution in [1.29, 1.82) is 0 Å². The summed E-state index contributed by atoms with van der Waals surface area (Å²) < 4.78 is 11.6. The highest BCUT2D eigenvalue weighted by molar-refractivity contribution is 7.22. The highest BCUT2D eigenvalue weighted by Gasteiger charge is 2.30. The predicted octanol–water partition coefficient (Wildman–Crippen LogP) is 5.91. The number of allylic oxidation sites excluding steroid dienone is 1. The maximum atomic E-state index is 13.4. The molecule has 0 saturated heterocycles. The number of benzene rings is 2. The lowest BCUT2D eigenvalue weighted by Crippen LogP contribution is -2.22. The van der Waals surface area contributed by atoms with Gasteiger partial charge in [0.15, 0.2) is 22.9 Å². The van der Waals surface area contributed by atoms with Crippen LogP contribution < -0.4 is 10.1 Å². The van der Waals surface area contributed by atoms with Crippen LogP contribution in [-0.4, -0.2) is 29.3 Å². The van der Waals surface area contributed by atoms with E-state index in [0.29, 0.717) is 32.7 Å². The van der Waals surface area contributed by atoms with E-state index in [4.69, 9.17) is 20.8 Å². The number of halogens is 1. The Kier molecular flexibility index (Phi) is 6.48. The Balaban J connectivity index is 1.86. The lowest BCUT2D eigenvalue weighted by Gasteiger charge is -2.21. The van der Waals surface area contributed by atoms with Gasteiger partial charge in [0.2, 0.25) is 5.78 Å². The number of aliphatic hydroxyl groups is 1. The molecule has 0 bridgehead atoms. The van der Waals surface area contributed by atoms with E-state index in [1.807, 2.05) is 12.1 Å². The number of furan rings is 1. The van der Waals surface area contributed by atoms with Crippen LogP contribution in [0, 0.1) is 6.92 Å². The Labute approximate surface area is 198 Å². The Hall–Kier alpha value is -3.62. The van der Waals surface area contributed by atoms with Crippen LogP contribution >= 0.6 is 22.9 Å². The molecule has 2 N–H and O–H groups in total. The van der Waals surface area contributed by atoms with Crippen LogP contribution in [0.3, 0.4) is 0 Å². The molecule has 2 aromatic carbocycles. The summed E-state index contributed by atoms with van der Waals surface area (Å²) in [6.07, 6.45) is 0.229. The smallest absolute Gasteiger partial charge is 0.230 e. The Morgan fingerprint density at radius 1 is 1.24 bits per heavy atom. The Morgan fingerprint density at radius 2 is 2.03 bits per heavy atom. The first kappa shape index (κ1) is 22.6. The maximum Gasteiger partial charge on any atom is 0.230 e. The Bertz CT molecular complexity index is 1370. The molecule has 2 heterocycles. The predicted molar refractivity (Wildman–Crippen MR) is 127 cm³/mol. The van der Waals surface area contributed by atoms with Gasteiger partial charge in [0.1, 0.15) is 17.0 Å². The van der Waals surface area contributed by atoms with Crippen molar-refractivity contribution >= 4 is 50.4 Å². The zero-order chi connectivity index (χ0) is 23.5. The molecular formula is C24H19ClN2O5S. The molecule has 0 aliphatic carbocycles. The van der Waals surface area contributed by atoms with Crippen molar-refractivity contribution in [2.24, 2.45) is 0 Å². The molecule has 0 radical (unpaired) electrons. The minimum atomic E-state index is -0.942. The zero-order valence-electron chi connectivity index (χ0n) is 17.7. The quantitative estimate of drug-likeness (QED) is 0.139. The number of ketones is 1. The van der Waals surface area contributed by atoms with Crippen molar-refractivity contribution in [2.75, 3.05) is 12.4 Å². The minimum absolute atomic E-state index is 0.00191. The summed E-state index contributed by atoms with van der Waals surface area (Å²) in [6.45, 7) is 1.70. The summed E-state index contributed by atoms with van der Waals surface area (Å²) in [5.74, 6) is -0.286. The van der Waals surface area contributed by atoms with E-state index in [2.05, 4.69) is 10.3 Å². The van der Waals surface area contributed by atoms with Gasteiger partial charge < -0.3 is 19.6 Å². The fourth-order valence-corrected chi connectivity index (χ4v) is 4.59. The number of hydrogen-bond donors (Lipinski definition) is 2. The fourth-order valence-electron chi connectivity index (χ4n) is 3.39. The number of carbonyl (C=O) groups is 2. The molecule has 4 aromatic rings. The van der Waals surface area contributed by atoms with Crippen molar-refractivity contribution in [2.45, 2.75) is 13.0 Å². The molecular weight excluding hydrogens is 464 g/mol. The van der Waals surface area contributed by atoms with Gasteiger partial charge in [-0.1, -0.05) is 41.1 Å². The van der Waals surface area contributed by atoms with Crippen LogP contribution in [0.15, 0.2) is 70.3 Å². The van der Waals surface area contributed by atoms with E-state index in [9.17, 15) is 14.7 Å². The number of thiazole rings is 1. The number of aliphatic hydroxyl groups excluding tert-OH is 1. The minimum Gasteiger partial charge on any atom is -0.504 e. The number of ether oxygens (including phenoxy) is 1. The average molecular weight is 483 g/mol. The fraction of sp³-hybridized carbons (Fsp3) is 0.125. The monoisotopic (exact) mass is 482 g/mol. The second-order valence-corrected chi connectivity index (χ2v) is 8.55. The number of hydrogen-bond acceptors (Lipinski definition) is 8. The molecule has 0 spiro atoms. The van der Waals surface area contributed by atoms with Crippen LogP contribution in [-0.2, 0) is 4.79 Å². The van der Waals surface area contributed by atoms with Gasteiger partial charge in [-0.25, -0.2) is 4.98 Å². The molecule has 7 nitrogen and oxygen atoms in total. The van der Waals surface area contributed by atoms with Gasteiger partial charge in [-0.05, 0) is 48.9 Å². The third-order valence-corrected chi connectivity index (χ3v) is 6.21. The third-order valence-electron chi connectivity index (χ3n) is 4.95. The van der Waals surface area contributed by atoms with Crippen LogP contribution in [0.4, 0.5) is 5.13 Å². The SMILES string of the molecule is COc1cccc(C(Nc2nc3c(Cl)cccc3s2)/C(C(=O)c2ccc(C)o2)=C(/O)C=O)c1. The molecule has 0 aliphatic heterocycles. The number of anilines is 1. The standard InChI is InChI=1S/C24H19ClN2O5S/c1-13-9-10-18(32-13)23(30)20(17(29)12-28)21(14-5-3-6-15(11-14)31-2)26-24-27-22-16(25)7-4-8-19(22)33-24/h3-12,21,29H,1-2H3,(H,26,27)/b20-17-. The van der Waals surface area contributed by atoms with E-state index in [1.165, 1.54) is 24.5 Å². The molecule has 0 aliphatic rings. The van der Waals surface area contributed by atoms with Crippen LogP contribution in [0.25, 0.3) is 10.2 Å². The first-order valence-corrected chi connectivity index (χ1v) is 11.1. The molecule has 4 rings (SSSR count). The van der Waals surface area contributed by atoms with Crippen molar-refractivity contribution < 1.29 is 23.8 Å². The van der Waals surface area contributed by atoms with Gasteiger partial charge in [-0.3, -0.25) is 9.59 Å². The second kappa shape index (κ2) is 9.48. The number of methoxy groups -OCH3 is 1. The number of carbonyl (C=O) groups excluding carboxylic acids is 2.